The fraction of sp³-hybridized carbons (Fsp3) is 0.391. The largest absolute Gasteiger partial charge is 0.356 e. The Morgan fingerprint density at radius 1 is 0.840 bits per heavy atom. The van der Waals surface area contributed by atoms with Gasteiger partial charge in [0.2, 0.25) is 0 Å². The van der Waals surface area contributed by atoms with Gasteiger partial charge in [-0.25, -0.2) is 0 Å². The first-order valence-corrected chi connectivity index (χ1v) is 9.02. The Bertz CT molecular complexity index is 659. The molecule has 25 heavy (non-hydrogen) atoms. The number of hydrogen-bond acceptors (Lipinski definition) is 2. The van der Waals surface area contributed by atoms with Crippen molar-refractivity contribution in [3.05, 3.63) is 71.8 Å². The van der Waals surface area contributed by atoms with Gasteiger partial charge in [0, 0.05) is 12.1 Å². The van der Waals surface area contributed by atoms with Gasteiger partial charge in [-0.05, 0) is 38.8 Å². The third kappa shape index (κ3) is 6.38. The molecule has 0 aliphatic carbocycles. The van der Waals surface area contributed by atoms with E-state index < -0.39 is 0 Å². The van der Waals surface area contributed by atoms with Crippen LogP contribution in [0.15, 0.2) is 60.7 Å². The van der Waals surface area contributed by atoms with Crippen molar-refractivity contribution in [2.45, 2.75) is 52.5 Å². The van der Waals surface area contributed by atoms with Gasteiger partial charge in [0.25, 0.3) is 0 Å². The molecule has 2 heteroatoms. The van der Waals surface area contributed by atoms with Crippen LogP contribution in [0.4, 0.5) is 0 Å². The third-order valence-electron chi connectivity index (χ3n) is 4.18. The highest BCUT2D eigenvalue weighted by atomic mass is 16.5. The molecule has 1 unspecified atom stereocenters. The van der Waals surface area contributed by atoms with E-state index in [2.05, 4.69) is 68.7 Å². The van der Waals surface area contributed by atoms with Crippen molar-refractivity contribution in [1.82, 2.24) is 4.90 Å². The predicted octanol–water partition coefficient (Wildman–Crippen LogP) is 5.07. The average Bonchev–Trinajstić information content (AvgIpc) is 2.62. The fourth-order valence-electron chi connectivity index (χ4n) is 2.79. The van der Waals surface area contributed by atoms with Gasteiger partial charge in [-0.3, -0.25) is 4.90 Å². The Morgan fingerprint density at radius 2 is 1.40 bits per heavy atom. The Morgan fingerprint density at radius 3 is 1.96 bits per heavy atom. The maximum absolute atomic E-state index is 6.12. The molecule has 2 nitrogen and oxygen atoms in total. The van der Waals surface area contributed by atoms with Crippen LogP contribution in [-0.2, 0) is 11.3 Å². The molecule has 0 spiro atoms. The maximum atomic E-state index is 6.12. The molecule has 2 aromatic carbocycles. The summed E-state index contributed by atoms with van der Waals surface area (Å²) in [5.74, 6) is 6.67. The summed E-state index contributed by atoms with van der Waals surface area (Å²) in [5, 5.41) is 0. The van der Waals surface area contributed by atoms with Crippen LogP contribution in [-0.4, -0.2) is 23.5 Å². The van der Waals surface area contributed by atoms with Crippen molar-refractivity contribution >= 4 is 0 Å². The minimum Gasteiger partial charge on any atom is -0.356 e. The topological polar surface area (TPSA) is 12.5 Å². The molecule has 2 rings (SSSR count). The first-order valence-electron chi connectivity index (χ1n) is 9.02. The molecule has 0 aliphatic heterocycles. The van der Waals surface area contributed by atoms with Crippen LogP contribution in [0, 0.1) is 11.8 Å². The predicted molar refractivity (Wildman–Crippen MR) is 105 cm³/mol. The van der Waals surface area contributed by atoms with Crippen molar-refractivity contribution < 1.29 is 4.74 Å². The van der Waals surface area contributed by atoms with Gasteiger partial charge in [-0.1, -0.05) is 72.5 Å². The lowest BCUT2D eigenvalue weighted by Crippen LogP contribution is -2.37. The van der Waals surface area contributed by atoms with Crippen LogP contribution in [0.3, 0.4) is 0 Å². The minimum atomic E-state index is -0.206. The van der Waals surface area contributed by atoms with E-state index in [0.717, 1.165) is 17.7 Å². The molecule has 0 bridgehead atoms. The standard InChI is InChI=1S/C23H29NO/c1-19(2)24(20(3)4)17-11-16-23(22-14-9-6-10-15-22)25-18-21-12-7-5-8-13-21/h5-10,12-15,19-20,23H,17-18H2,1-4H3. The van der Waals surface area contributed by atoms with Gasteiger partial charge in [0.15, 0.2) is 0 Å². The van der Waals surface area contributed by atoms with Gasteiger partial charge in [0.05, 0.1) is 13.2 Å². The number of rotatable bonds is 7. The molecule has 1 atom stereocenters. The summed E-state index contributed by atoms with van der Waals surface area (Å²) >= 11 is 0. The second-order valence-electron chi connectivity index (χ2n) is 6.77. The van der Waals surface area contributed by atoms with E-state index in [4.69, 9.17) is 4.74 Å². The number of ether oxygens (including phenoxy) is 1. The zero-order valence-corrected chi connectivity index (χ0v) is 15.8. The van der Waals surface area contributed by atoms with Crippen molar-refractivity contribution in [3.63, 3.8) is 0 Å². The molecule has 0 heterocycles. The number of benzene rings is 2. The van der Waals surface area contributed by atoms with E-state index in [-0.39, 0.29) is 6.10 Å². The summed E-state index contributed by atoms with van der Waals surface area (Å²) in [6.45, 7) is 10.2. The van der Waals surface area contributed by atoms with Gasteiger partial charge in [0.1, 0.15) is 6.10 Å². The molecule has 0 saturated heterocycles. The molecule has 2 aromatic rings. The van der Waals surface area contributed by atoms with E-state index in [1.54, 1.807) is 0 Å². The van der Waals surface area contributed by atoms with Gasteiger partial charge in [-0.15, -0.1) is 0 Å². The minimum absolute atomic E-state index is 0.206. The van der Waals surface area contributed by atoms with E-state index in [9.17, 15) is 0 Å². The summed E-state index contributed by atoms with van der Waals surface area (Å²) in [6, 6.07) is 21.4. The highest BCUT2D eigenvalue weighted by Gasteiger charge is 2.12. The maximum Gasteiger partial charge on any atom is 0.143 e. The molecule has 0 radical (unpaired) electrons. The molecule has 0 fully saturated rings. The lowest BCUT2D eigenvalue weighted by molar-refractivity contribution is 0.0779. The Labute approximate surface area is 152 Å². The molecule has 0 saturated carbocycles. The monoisotopic (exact) mass is 335 g/mol. The van der Waals surface area contributed by atoms with Gasteiger partial charge in [-0.2, -0.15) is 0 Å². The van der Waals surface area contributed by atoms with Crippen molar-refractivity contribution in [3.8, 4) is 11.8 Å². The third-order valence-corrected chi connectivity index (χ3v) is 4.18. The lowest BCUT2D eigenvalue weighted by Gasteiger charge is -2.28. The van der Waals surface area contributed by atoms with E-state index >= 15 is 0 Å². The zero-order valence-electron chi connectivity index (χ0n) is 15.8. The highest BCUT2D eigenvalue weighted by Crippen LogP contribution is 2.18. The van der Waals surface area contributed by atoms with Crippen LogP contribution >= 0.6 is 0 Å². The number of hydrogen-bond donors (Lipinski definition) is 0. The quantitative estimate of drug-likeness (QED) is 0.655. The second kappa shape index (κ2) is 10.0. The van der Waals surface area contributed by atoms with E-state index in [1.807, 2.05) is 36.4 Å². The Balaban J connectivity index is 2.09. The first-order chi connectivity index (χ1) is 12.1. The first kappa shape index (κ1) is 19.2. The van der Waals surface area contributed by atoms with E-state index in [1.165, 1.54) is 0 Å². The van der Waals surface area contributed by atoms with Crippen molar-refractivity contribution in [2.24, 2.45) is 0 Å². The highest BCUT2D eigenvalue weighted by molar-refractivity contribution is 5.26. The SMILES string of the molecule is CC(C)N(CC#CC(OCc1ccccc1)c1ccccc1)C(C)C. The average molecular weight is 335 g/mol. The molecule has 0 amide bonds. The van der Waals surface area contributed by atoms with Crippen molar-refractivity contribution in [1.29, 1.82) is 0 Å². The molecule has 0 N–H and O–H groups in total. The summed E-state index contributed by atoms with van der Waals surface area (Å²) in [6.07, 6.45) is -0.206. The zero-order chi connectivity index (χ0) is 18.1. The molecule has 0 aromatic heterocycles. The second-order valence-corrected chi connectivity index (χ2v) is 6.77. The number of nitrogens with zero attached hydrogens (tertiary/aromatic N) is 1. The van der Waals surface area contributed by atoms with Crippen molar-refractivity contribution in [2.75, 3.05) is 6.54 Å². The molecular formula is C23H29NO. The summed E-state index contributed by atoms with van der Waals surface area (Å²) in [7, 11) is 0. The summed E-state index contributed by atoms with van der Waals surface area (Å²) in [4.78, 5) is 2.38. The smallest absolute Gasteiger partial charge is 0.143 e. The van der Waals surface area contributed by atoms with Crippen LogP contribution < -0.4 is 0 Å². The van der Waals surface area contributed by atoms with Gasteiger partial charge < -0.3 is 4.74 Å². The lowest BCUT2D eigenvalue weighted by atomic mass is 10.1. The summed E-state index contributed by atoms with van der Waals surface area (Å²) in [5.41, 5.74) is 2.27. The molecular weight excluding hydrogens is 306 g/mol. The van der Waals surface area contributed by atoms with Crippen LogP contribution in [0.1, 0.15) is 44.9 Å². The van der Waals surface area contributed by atoms with Crippen LogP contribution in [0.25, 0.3) is 0 Å². The van der Waals surface area contributed by atoms with Gasteiger partial charge >= 0.3 is 0 Å². The van der Waals surface area contributed by atoms with Crippen LogP contribution in [0.2, 0.25) is 0 Å². The Hall–Kier alpha value is -2.08. The van der Waals surface area contributed by atoms with Crippen LogP contribution in [0.5, 0.6) is 0 Å². The summed E-state index contributed by atoms with van der Waals surface area (Å²) < 4.78 is 6.12. The normalized spacial score (nSPS) is 12.3. The molecule has 0 aliphatic rings. The molecule has 132 valence electrons. The Kier molecular flexibility index (Phi) is 7.73. The fourth-order valence-corrected chi connectivity index (χ4v) is 2.79. The van der Waals surface area contributed by atoms with E-state index in [0.29, 0.717) is 18.7 Å².